The maximum Gasteiger partial charge on any atom is 0.311 e. The second kappa shape index (κ2) is 4.27. The Morgan fingerprint density at radius 2 is 2.33 bits per heavy atom. The third kappa shape index (κ3) is 2.13. The number of hydrogen-bond acceptors (Lipinski definition) is 5. The molecule has 0 aliphatic heterocycles. The average molecular weight is 211 g/mol. The van der Waals surface area contributed by atoms with E-state index in [0.717, 1.165) is 0 Å². The summed E-state index contributed by atoms with van der Waals surface area (Å²) >= 11 is 0. The van der Waals surface area contributed by atoms with Crippen LogP contribution in [0.15, 0.2) is 23.4 Å². The van der Waals surface area contributed by atoms with Gasteiger partial charge in [-0.3, -0.25) is 10.1 Å². The van der Waals surface area contributed by atoms with E-state index in [4.69, 9.17) is 15.7 Å². The van der Waals surface area contributed by atoms with Gasteiger partial charge in [0.1, 0.15) is 0 Å². The molecule has 0 fully saturated rings. The van der Waals surface area contributed by atoms with Gasteiger partial charge in [0.25, 0.3) is 0 Å². The second-order valence-corrected chi connectivity index (χ2v) is 2.63. The fourth-order valence-corrected chi connectivity index (χ4v) is 1.05. The Balaban J connectivity index is 3.28. The molecule has 0 spiro atoms. The summed E-state index contributed by atoms with van der Waals surface area (Å²) in [5, 5.41) is 21.8. The summed E-state index contributed by atoms with van der Waals surface area (Å²) < 4.78 is 4.79. The molecule has 0 bridgehead atoms. The molecule has 7 heteroatoms. The Bertz CT molecular complexity index is 416. The smallest absolute Gasteiger partial charge is 0.311 e. The number of nitro groups is 1. The highest BCUT2D eigenvalue weighted by molar-refractivity contribution is 5.97. The minimum Gasteiger partial charge on any atom is -0.490 e. The van der Waals surface area contributed by atoms with Crippen LogP contribution in [0.2, 0.25) is 0 Å². The molecule has 0 heterocycles. The molecule has 0 saturated heterocycles. The first-order valence-corrected chi connectivity index (χ1v) is 3.90. The zero-order valence-electron chi connectivity index (χ0n) is 7.88. The summed E-state index contributed by atoms with van der Waals surface area (Å²) in [6, 6.07) is 4.01. The van der Waals surface area contributed by atoms with Crippen LogP contribution in [-0.4, -0.2) is 23.1 Å². The van der Waals surface area contributed by atoms with Crippen LogP contribution in [0.25, 0.3) is 0 Å². The number of hydrogen-bond donors (Lipinski definition) is 2. The number of rotatable bonds is 3. The molecular formula is C8H9N3O4. The lowest BCUT2D eigenvalue weighted by Gasteiger charge is -2.03. The Morgan fingerprint density at radius 1 is 1.67 bits per heavy atom. The molecule has 15 heavy (non-hydrogen) atoms. The quantitative estimate of drug-likeness (QED) is 0.251. The number of amidine groups is 1. The molecule has 7 nitrogen and oxygen atoms in total. The van der Waals surface area contributed by atoms with Gasteiger partial charge in [-0.05, 0) is 12.1 Å². The van der Waals surface area contributed by atoms with Crippen LogP contribution in [0.5, 0.6) is 5.75 Å². The lowest BCUT2D eigenvalue weighted by Crippen LogP contribution is -2.13. The van der Waals surface area contributed by atoms with Crippen molar-refractivity contribution < 1.29 is 14.9 Å². The zero-order valence-corrected chi connectivity index (χ0v) is 7.88. The number of benzene rings is 1. The third-order valence-electron chi connectivity index (χ3n) is 1.78. The van der Waals surface area contributed by atoms with Crippen molar-refractivity contribution >= 4 is 11.5 Å². The summed E-state index contributed by atoms with van der Waals surface area (Å²) in [4.78, 5) is 10.0. The lowest BCUT2D eigenvalue weighted by molar-refractivity contribution is -0.385. The molecule has 1 aromatic carbocycles. The van der Waals surface area contributed by atoms with Crippen molar-refractivity contribution in [3.05, 3.63) is 33.9 Å². The summed E-state index contributed by atoms with van der Waals surface area (Å²) in [7, 11) is 1.32. The van der Waals surface area contributed by atoms with Crippen LogP contribution in [0.4, 0.5) is 5.69 Å². The number of methoxy groups -OCH3 is 1. The molecular weight excluding hydrogens is 202 g/mol. The van der Waals surface area contributed by atoms with Crippen LogP contribution in [0, 0.1) is 10.1 Å². The van der Waals surface area contributed by atoms with E-state index >= 15 is 0 Å². The first-order valence-electron chi connectivity index (χ1n) is 3.90. The van der Waals surface area contributed by atoms with E-state index in [1.807, 2.05) is 0 Å². The van der Waals surface area contributed by atoms with Gasteiger partial charge in [0.05, 0.1) is 12.0 Å². The van der Waals surface area contributed by atoms with Crippen LogP contribution in [-0.2, 0) is 0 Å². The molecule has 0 aromatic heterocycles. The minimum atomic E-state index is -0.604. The summed E-state index contributed by atoms with van der Waals surface area (Å²) in [6.45, 7) is 0. The van der Waals surface area contributed by atoms with Gasteiger partial charge in [-0.25, -0.2) is 0 Å². The maximum absolute atomic E-state index is 10.6. The van der Waals surface area contributed by atoms with Crippen molar-refractivity contribution in [2.24, 2.45) is 10.9 Å². The predicted octanol–water partition coefficient (Wildman–Crippen LogP) is 0.698. The first kappa shape index (κ1) is 10.8. The van der Waals surface area contributed by atoms with Gasteiger partial charge in [-0.1, -0.05) is 5.16 Å². The van der Waals surface area contributed by atoms with Gasteiger partial charge in [-0.2, -0.15) is 0 Å². The molecule has 0 unspecified atom stereocenters. The van der Waals surface area contributed by atoms with Crippen molar-refractivity contribution in [1.82, 2.24) is 0 Å². The molecule has 3 N–H and O–H groups in total. The van der Waals surface area contributed by atoms with Crippen molar-refractivity contribution in [3.63, 3.8) is 0 Å². The SMILES string of the molecule is COc1ccc(/C(N)=N/O)cc1[N+](=O)[O-]. The van der Waals surface area contributed by atoms with Crippen molar-refractivity contribution in [3.8, 4) is 5.75 Å². The summed E-state index contributed by atoms with van der Waals surface area (Å²) in [5.41, 5.74) is 5.31. The topological polar surface area (TPSA) is 111 Å². The van der Waals surface area contributed by atoms with Gasteiger partial charge in [0.2, 0.25) is 0 Å². The van der Waals surface area contributed by atoms with E-state index in [1.165, 1.54) is 25.3 Å². The van der Waals surface area contributed by atoms with E-state index in [0.29, 0.717) is 0 Å². The van der Waals surface area contributed by atoms with E-state index in [9.17, 15) is 10.1 Å². The van der Waals surface area contributed by atoms with Crippen LogP contribution in [0.1, 0.15) is 5.56 Å². The average Bonchev–Trinajstić information content (AvgIpc) is 2.27. The number of ether oxygens (including phenoxy) is 1. The van der Waals surface area contributed by atoms with Crippen molar-refractivity contribution in [2.75, 3.05) is 7.11 Å². The first-order chi connectivity index (χ1) is 7.10. The number of oxime groups is 1. The largest absolute Gasteiger partial charge is 0.490 e. The molecule has 0 saturated carbocycles. The highest BCUT2D eigenvalue weighted by Crippen LogP contribution is 2.27. The fourth-order valence-electron chi connectivity index (χ4n) is 1.05. The summed E-state index contributed by atoms with van der Waals surface area (Å²) in [5.74, 6) is -0.0738. The van der Waals surface area contributed by atoms with Gasteiger partial charge >= 0.3 is 5.69 Å². The number of nitrogens with zero attached hydrogens (tertiary/aromatic N) is 2. The molecule has 0 amide bonds. The Morgan fingerprint density at radius 3 is 2.80 bits per heavy atom. The maximum atomic E-state index is 10.6. The monoisotopic (exact) mass is 211 g/mol. The van der Waals surface area contributed by atoms with Crippen molar-refractivity contribution in [1.29, 1.82) is 0 Å². The number of nitro benzene ring substituents is 1. The zero-order chi connectivity index (χ0) is 11.4. The lowest BCUT2D eigenvalue weighted by atomic mass is 10.2. The highest BCUT2D eigenvalue weighted by Gasteiger charge is 2.16. The normalized spacial score (nSPS) is 11.1. The Hall–Kier alpha value is -2.31. The molecule has 0 radical (unpaired) electrons. The van der Waals surface area contributed by atoms with E-state index in [2.05, 4.69) is 5.16 Å². The second-order valence-electron chi connectivity index (χ2n) is 2.63. The Labute approximate surface area is 84.9 Å². The fraction of sp³-hybridized carbons (Fsp3) is 0.125. The molecule has 0 atom stereocenters. The highest BCUT2D eigenvalue weighted by atomic mass is 16.6. The molecule has 1 aromatic rings. The summed E-state index contributed by atoms with van der Waals surface area (Å²) in [6.07, 6.45) is 0. The molecule has 1 rings (SSSR count). The molecule has 80 valence electrons. The number of nitrogens with two attached hydrogens (primary N) is 1. The third-order valence-corrected chi connectivity index (χ3v) is 1.78. The standard InChI is InChI=1S/C8H9N3O4/c1-15-7-3-2-5(8(9)10-12)4-6(7)11(13)14/h2-4,12H,1H3,(H2,9,10). The van der Waals surface area contributed by atoms with Crippen LogP contribution in [0.3, 0.4) is 0 Å². The van der Waals surface area contributed by atoms with Crippen molar-refractivity contribution in [2.45, 2.75) is 0 Å². The Kier molecular flexibility index (Phi) is 3.06. The van der Waals surface area contributed by atoms with Gasteiger partial charge in [0.15, 0.2) is 11.6 Å². The van der Waals surface area contributed by atoms with Crippen LogP contribution < -0.4 is 10.5 Å². The molecule has 0 aliphatic carbocycles. The predicted molar refractivity (Wildman–Crippen MR) is 52.2 cm³/mol. The van der Waals surface area contributed by atoms with Gasteiger partial charge in [0, 0.05) is 11.6 Å². The van der Waals surface area contributed by atoms with Gasteiger partial charge in [-0.15, -0.1) is 0 Å². The minimum absolute atomic E-state index is 0.120. The van der Waals surface area contributed by atoms with E-state index in [-0.39, 0.29) is 22.8 Å². The van der Waals surface area contributed by atoms with Crippen LogP contribution >= 0.6 is 0 Å². The van der Waals surface area contributed by atoms with E-state index < -0.39 is 4.92 Å². The molecule has 0 aliphatic rings. The van der Waals surface area contributed by atoms with E-state index in [1.54, 1.807) is 0 Å². The van der Waals surface area contributed by atoms with Gasteiger partial charge < -0.3 is 15.7 Å².